The van der Waals surface area contributed by atoms with E-state index >= 15 is 0 Å². The van der Waals surface area contributed by atoms with Gasteiger partial charge in [0.05, 0.1) is 11.3 Å². The number of para-hydroxylation sites is 1. The first-order valence-electron chi connectivity index (χ1n) is 6.56. The van der Waals surface area contributed by atoms with Gasteiger partial charge in [-0.3, -0.25) is 0 Å². The van der Waals surface area contributed by atoms with Crippen molar-refractivity contribution < 1.29 is 8.91 Å². The van der Waals surface area contributed by atoms with Gasteiger partial charge in [-0.2, -0.15) is 4.98 Å². The molecule has 0 fully saturated rings. The van der Waals surface area contributed by atoms with Crippen molar-refractivity contribution in [3.63, 3.8) is 0 Å². The summed E-state index contributed by atoms with van der Waals surface area (Å²) >= 11 is 0. The van der Waals surface area contributed by atoms with Crippen molar-refractivity contribution >= 4 is 5.69 Å². The standard InChI is InChI=1S/C16H14FN3O/c1-10-5-2-3-6-11(10)9-14-19-16(21-20-14)12-7-4-8-13(17)15(12)18/h2-8H,9,18H2,1H3. The molecule has 0 atom stereocenters. The first-order chi connectivity index (χ1) is 10.1. The number of hydrogen-bond donors (Lipinski definition) is 1. The number of nitrogens with zero attached hydrogens (tertiary/aromatic N) is 2. The molecule has 3 rings (SSSR count). The third-order valence-electron chi connectivity index (χ3n) is 3.36. The smallest absolute Gasteiger partial charge is 0.260 e. The Balaban J connectivity index is 1.90. The molecule has 0 aliphatic heterocycles. The minimum atomic E-state index is -0.494. The molecular weight excluding hydrogens is 269 g/mol. The highest BCUT2D eigenvalue weighted by atomic mass is 19.1. The van der Waals surface area contributed by atoms with E-state index in [1.54, 1.807) is 12.1 Å². The zero-order valence-corrected chi connectivity index (χ0v) is 11.5. The molecule has 0 radical (unpaired) electrons. The van der Waals surface area contributed by atoms with E-state index in [2.05, 4.69) is 10.1 Å². The number of nitrogen functional groups attached to an aromatic ring is 1. The number of hydrogen-bond acceptors (Lipinski definition) is 4. The Morgan fingerprint density at radius 1 is 1.14 bits per heavy atom. The van der Waals surface area contributed by atoms with Crippen LogP contribution in [0.25, 0.3) is 11.5 Å². The highest BCUT2D eigenvalue weighted by Crippen LogP contribution is 2.26. The molecule has 2 aromatic carbocycles. The summed E-state index contributed by atoms with van der Waals surface area (Å²) in [6.07, 6.45) is 0.561. The number of benzene rings is 2. The molecule has 2 N–H and O–H groups in total. The van der Waals surface area contributed by atoms with Gasteiger partial charge in [-0.15, -0.1) is 0 Å². The number of halogens is 1. The molecule has 0 amide bonds. The SMILES string of the molecule is Cc1ccccc1Cc1noc(-c2cccc(F)c2N)n1. The fourth-order valence-electron chi connectivity index (χ4n) is 2.14. The summed E-state index contributed by atoms with van der Waals surface area (Å²) < 4.78 is 18.6. The third kappa shape index (κ3) is 2.63. The highest BCUT2D eigenvalue weighted by molar-refractivity contribution is 5.70. The molecule has 1 heterocycles. The zero-order chi connectivity index (χ0) is 14.8. The van der Waals surface area contributed by atoms with Crippen LogP contribution in [0.2, 0.25) is 0 Å². The van der Waals surface area contributed by atoms with Gasteiger partial charge in [0, 0.05) is 6.42 Å². The van der Waals surface area contributed by atoms with Gasteiger partial charge in [0.2, 0.25) is 0 Å². The Bertz CT molecular complexity index is 783. The summed E-state index contributed by atoms with van der Waals surface area (Å²) in [6.45, 7) is 2.03. The maximum atomic E-state index is 13.5. The van der Waals surface area contributed by atoms with Crippen molar-refractivity contribution in [3.05, 3.63) is 65.2 Å². The van der Waals surface area contributed by atoms with Crippen molar-refractivity contribution in [1.29, 1.82) is 0 Å². The predicted octanol–water partition coefficient (Wildman–Crippen LogP) is 3.36. The summed E-state index contributed by atoms with van der Waals surface area (Å²) in [5.41, 5.74) is 8.41. The van der Waals surface area contributed by atoms with Crippen molar-refractivity contribution in [2.45, 2.75) is 13.3 Å². The minimum absolute atomic E-state index is 0.0172. The maximum Gasteiger partial charge on any atom is 0.260 e. The first kappa shape index (κ1) is 13.3. The molecule has 0 spiro atoms. The minimum Gasteiger partial charge on any atom is -0.396 e. The van der Waals surface area contributed by atoms with Gasteiger partial charge in [-0.05, 0) is 30.2 Å². The summed E-state index contributed by atoms with van der Waals surface area (Å²) in [7, 11) is 0. The summed E-state index contributed by atoms with van der Waals surface area (Å²) in [6, 6.07) is 12.5. The van der Waals surface area contributed by atoms with Gasteiger partial charge in [0.1, 0.15) is 5.82 Å². The van der Waals surface area contributed by atoms with Crippen LogP contribution >= 0.6 is 0 Å². The van der Waals surface area contributed by atoms with Crippen LogP contribution in [0.4, 0.5) is 10.1 Å². The average Bonchev–Trinajstić information content (AvgIpc) is 2.93. The number of anilines is 1. The normalized spacial score (nSPS) is 10.8. The molecule has 5 heteroatoms. The molecule has 0 unspecified atom stereocenters. The van der Waals surface area contributed by atoms with Crippen molar-refractivity contribution in [2.75, 3.05) is 5.73 Å². The second kappa shape index (κ2) is 5.36. The molecule has 0 aliphatic carbocycles. The monoisotopic (exact) mass is 283 g/mol. The number of aromatic nitrogens is 2. The lowest BCUT2D eigenvalue weighted by Crippen LogP contribution is -1.95. The van der Waals surface area contributed by atoms with E-state index in [4.69, 9.17) is 10.3 Å². The van der Waals surface area contributed by atoms with Gasteiger partial charge in [0.15, 0.2) is 5.82 Å². The van der Waals surface area contributed by atoms with Crippen LogP contribution in [-0.2, 0) is 6.42 Å². The van der Waals surface area contributed by atoms with E-state index < -0.39 is 5.82 Å². The number of rotatable bonds is 3. The summed E-state index contributed by atoms with van der Waals surface area (Å²) in [4.78, 5) is 4.29. The molecule has 106 valence electrons. The highest BCUT2D eigenvalue weighted by Gasteiger charge is 2.14. The molecule has 4 nitrogen and oxygen atoms in total. The van der Waals surface area contributed by atoms with E-state index in [0.29, 0.717) is 17.8 Å². The van der Waals surface area contributed by atoms with Gasteiger partial charge < -0.3 is 10.3 Å². The summed E-state index contributed by atoms with van der Waals surface area (Å²) in [5.74, 6) is 0.282. The van der Waals surface area contributed by atoms with Crippen LogP contribution in [-0.4, -0.2) is 10.1 Å². The van der Waals surface area contributed by atoms with E-state index in [9.17, 15) is 4.39 Å². The van der Waals surface area contributed by atoms with Crippen LogP contribution in [0.1, 0.15) is 17.0 Å². The van der Waals surface area contributed by atoms with Crippen LogP contribution in [0.5, 0.6) is 0 Å². The molecule has 1 aromatic heterocycles. The Morgan fingerprint density at radius 2 is 1.95 bits per heavy atom. The average molecular weight is 283 g/mol. The molecule has 0 saturated carbocycles. The van der Waals surface area contributed by atoms with E-state index in [1.165, 1.54) is 6.07 Å². The largest absolute Gasteiger partial charge is 0.396 e. The fourth-order valence-corrected chi connectivity index (χ4v) is 2.14. The van der Waals surface area contributed by atoms with Crippen molar-refractivity contribution in [1.82, 2.24) is 10.1 Å². The molecular formula is C16H14FN3O. The van der Waals surface area contributed by atoms with E-state index in [1.807, 2.05) is 31.2 Å². The maximum absolute atomic E-state index is 13.5. The Labute approximate surface area is 121 Å². The molecule has 3 aromatic rings. The van der Waals surface area contributed by atoms with Crippen LogP contribution < -0.4 is 5.73 Å². The van der Waals surface area contributed by atoms with E-state index in [0.717, 1.165) is 11.1 Å². The van der Waals surface area contributed by atoms with Gasteiger partial charge >= 0.3 is 0 Å². The predicted molar refractivity (Wildman–Crippen MR) is 78.1 cm³/mol. The van der Waals surface area contributed by atoms with Gasteiger partial charge in [0.25, 0.3) is 5.89 Å². The van der Waals surface area contributed by atoms with E-state index in [-0.39, 0.29) is 11.6 Å². The van der Waals surface area contributed by atoms with Crippen LogP contribution in [0, 0.1) is 12.7 Å². The lowest BCUT2D eigenvalue weighted by molar-refractivity contribution is 0.424. The lowest BCUT2D eigenvalue weighted by atomic mass is 10.1. The van der Waals surface area contributed by atoms with Gasteiger partial charge in [-0.25, -0.2) is 4.39 Å². The Kier molecular flexibility index (Phi) is 3.39. The molecule has 0 saturated heterocycles. The van der Waals surface area contributed by atoms with Crippen LogP contribution in [0.15, 0.2) is 47.0 Å². The Morgan fingerprint density at radius 3 is 2.76 bits per heavy atom. The number of nitrogens with two attached hydrogens (primary N) is 1. The van der Waals surface area contributed by atoms with Crippen molar-refractivity contribution in [2.24, 2.45) is 0 Å². The quantitative estimate of drug-likeness (QED) is 0.748. The third-order valence-corrected chi connectivity index (χ3v) is 3.36. The topological polar surface area (TPSA) is 64.9 Å². The first-order valence-corrected chi connectivity index (χ1v) is 6.56. The second-order valence-corrected chi connectivity index (χ2v) is 4.82. The zero-order valence-electron chi connectivity index (χ0n) is 11.5. The fraction of sp³-hybridized carbons (Fsp3) is 0.125. The van der Waals surface area contributed by atoms with Crippen LogP contribution in [0.3, 0.4) is 0 Å². The molecule has 0 aliphatic rings. The van der Waals surface area contributed by atoms with Crippen molar-refractivity contribution in [3.8, 4) is 11.5 Å². The number of aryl methyl sites for hydroxylation is 1. The Hall–Kier alpha value is -2.69. The molecule has 0 bridgehead atoms. The molecule has 21 heavy (non-hydrogen) atoms. The summed E-state index contributed by atoms with van der Waals surface area (Å²) in [5, 5.41) is 3.94. The second-order valence-electron chi connectivity index (χ2n) is 4.82. The van der Waals surface area contributed by atoms with Gasteiger partial charge in [-0.1, -0.05) is 35.5 Å². The lowest BCUT2D eigenvalue weighted by Gasteiger charge is -2.01.